The van der Waals surface area contributed by atoms with Crippen LogP contribution in [0, 0.1) is 11.7 Å². The Labute approximate surface area is 127 Å². The van der Waals surface area contributed by atoms with E-state index in [0.717, 1.165) is 12.2 Å². The van der Waals surface area contributed by atoms with E-state index in [1.807, 2.05) is 20.2 Å². The molecule has 0 radical (unpaired) electrons. The van der Waals surface area contributed by atoms with Gasteiger partial charge in [-0.3, -0.25) is 0 Å². The van der Waals surface area contributed by atoms with Gasteiger partial charge in [-0.2, -0.15) is 0 Å². The summed E-state index contributed by atoms with van der Waals surface area (Å²) in [6.45, 7) is 9.33. The second-order valence-corrected chi connectivity index (χ2v) is 7.04. The van der Waals surface area contributed by atoms with Crippen LogP contribution in [0.4, 0.5) is 10.1 Å². The fourth-order valence-corrected chi connectivity index (χ4v) is 3.69. The fourth-order valence-electron chi connectivity index (χ4n) is 3.69. The van der Waals surface area contributed by atoms with Gasteiger partial charge in [-0.15, -0.1) is 0 Å². The molecule has 2 rings (SSSR count). The minimum Gasteiger partial charge on any atom is -0.374 e. The zero-order valence-corrected chi connectivity index (χ0v) is 13.9. The summed E-state index contributed by atoms with van der Waals surface area (Å²) < 4.78 is 19.6. The number of hydrogen-bond donors (Lipinski definition) is 1. The van der Waals surface area contributed by atoms with Crippen LogP contribution < -0.4 is 10.2 Å². The van der Waals surface area contributed by atoms with Crippen molar-refractivity contribution in [3.63, 3.8) is 0 Å². The first-order valence-electron chi connectivity index (χ1n) is 7.51. The van der Waals surface area contributed by atoms with Gasteiger partial charge in [0.25, 0.3) is 0 Å². The van der Waals surface area contributed by atoms with E-state index < -0.39 is 0 Å². The van der Waals surface area contributed by atoms with Gasteiger partial charge in [0.05, 0.1) is 11.2 Å². The largest absolute Gasteiger partial charge is 0.374 e. The molecule has 1 fully saturated rings. The van der Waals surface area contributed by atoms with E-state index in [9.17, 15) is 4.39 Å². The Balaban J connectivity index is 2.20. The van der Waals surface area contributed by atoms with E-state index >= 15 is 0 Å². The molecule has 1 saturated heterocycles. The van der Waals surface area contributed by atoms with Gasteiger partial charge in [0.2, 0.25) is 0 Å². The molecular weight excluding hydrogens is 267 g/mol. The van der Waals surface area contributed by atoms with Crippen molar-refractivity contribution in [2.24, 2.45) is 5.92 Å². The van der Waals surface area contributed by atoms with Crippen LogP contribution in [0.2, 0.25) is 0 Å². The quantitative estimate of drug-likeness (QED) is 0.923. The van der Waals surface area contributed by atoms with Crippen LogP contribution in [0.5, 0.6) is 0 Å². The van der Waals surface area contributed by atoms with Gasteiger partial charge < -0.3 is 15.0 Å². The lowest BCUT2D eigenvalue weighted by Crippen LogP contribution is -2.49. The van der Waals surface area contributed by atoms with Crippen LogP contribution in [0.3, 0.4) is 0 Å². The maximum Gasteiger partial charge on any atom is 0.125 e. The van der Waals surface area contributed by atoms with Crippen LogP contribution >= 0.6 is 0 Å². The van der Waals surface area contributed by atoms with Gasteiger partial charge >= 0.3 is 0 Å². The monoisotopic (exact) mass is 294 g/mol. The predicted octanol–water partition coefficient (Wildman–Crippen LogP) is 3.05. The number of nitrogens with zero attached hydrogens (tertiary/aromatic N) is 1. The van der Waals surface area contributed by atoms with E-state index in [-0.39, 0.29) is 23.1 Å². The predicted molar refractivity (Wildman–Crippen MR) is 85.3 cm³/mol. The summed E-state index contributed by atoms with van der Waals surface area (Å²) in [4.78, 5) is 2.10. The van der Waals surface area contributed by atoms with Crippen LogP contribution in [-0.4, -0.2) is 37.9 Å². The molecule has 1 N–H and O–H groups in total. The van der Waals surface area contributed by atoms with Crippen LogP contribution in [0.15, 0.2) is 24.3 Å². The van der Waals surface area contributed by atoms with Crippen molar-refractivity contribution in [3.05, 3.63) is 30.1 Å². The number of anilines is 1. The van der Waals surface area contributed by atoms with Crippen molar-refractivity contribution in [2.45, 2.75) is 44.9 Å². The molecule has 1 aliphatic rings. The lowest BCUT2D eigenvalue weighted by Gasteiger charge is -2.33. The van der Waals surface area contributed by atoms with Gasteiger partial charge in [0.1, 0.15) is 5.82 Å². The molecular formula is C17H27FN2O. The summed E-state index contributed by atoms with van der Waals surface area (Å²) in [6.07, 6.45) is 0. The van der Waals surface area contributed by atoms with E-state index in [2.05, 4.69) is 37.9 Å². The Bertz CT molecular complexity index is 501. The third-order valence-corrected chi connectivity index (χ3v) is 4.60. The van der Waals surface area contributed by atoms with Crippen molar-refractivity contribution >= 4 is 5.69 Å². The van der Waals surface area contributed by atoms with Gasteiger partial charge in [0.15, 0.2) is 0 Å². The first-order valence-corrected chi connectivity index (χ1v) is 7.51. The molecule has 0 aromatic heterocycles. The first-order chi connectivity index (χ1) is 9.67. The molecule has 0 amide bonds. The third kappa shape index (κ3) is 3.22. The van der Waals surface area contributed by atoms with Crippen molar-refractivity contribution in [3.8, 4) is 0 Å². The molecule has 3 nitrogen and oxygen atoms in total. The molecule has 21 heavy (non-hydrogen) atoms. The molecule has 1 aromatic carbocycles. The Morgan fingerprint density at radius 1 is 1.24 bits per heavy atom. The number of likely N-dealkylation sites (N-methyl/N-ethyl adjacent to an activating group) is 1. The SMILES string of the molecule is CNC1C(CN(C)c2cccc(F)c2)C(C)(C)OC1(C)C. The van der Waals surface area contributed by atoms with Gasteiger partial charge in [-0.05, 0) is 52.9 Å². The van der Waals surface area contributed by atoms with E-state index in [1.165, 1.54) is 6.07 Å². The summed E-state index contributed by atoms with van der Waals surface area (Å²) in [7, 11) is 3.98. The zero-order valence-electron chi connectivity index (χ0n) is 13.9. The highest BCUT2D eigenvalue weighted by atomic mass is 19.1. The van der Waals surface area contributed by atoms with E-state index in [0.29, 0.717) is 5.92 Å². The smallest absolute Gasteiger partial charge is 0.125 e. The molecule has 1 aromatic rings. The molecule has 0 saturated carbocycles. The second-order valence-electron chi connectivity index (χ2n) is 7.04. The maximum atomic E-state index is 13.4. The van der Waals surface area contributed by atoms with Crippen LogP contribution in [-0.2, 0) is 4.74 Å². The maximum absolute atomic E-state index is 13.4. The zero-order chi connectivity index (χ0) is 15.8. The number of hydrogen-bond acceptors (Lipinski definition) is 3. The summed E-state index contributed by atoms with van der Waals surface area (Å²) in [6, 6.07) is 6.98. The highest BCUT2D eigenvalue weighted by Gasteiger charge is 2.53. The summed E-state index contributed by atoms with van der Waals surface area (Å²) >= 11 is 0. The van der Waals surface area contributed by atoms with E-state index in [4.69, 9.17) is 4.74 Å². The second kappa shape index (κ2) is 5.58. The topological polar surface area (TPSA) is 24.5 Å². The molecule has 4 heteroatoms. The van der Waals surface area contributed by atoms with Crippen LogP contribution in [0.1, 0.15) is 27.7 Å². The average Bonchev–Trinajstić information content (AvgIpc) is 2.53. The molecule has 0 aliphatic carbocycles. The summed E-state index contributed by atoms with van der Waals surface area (Å²) in [5.74, 6) is 0.109. The minimum atomic E-state index is -0.223. The van der Waals surface area contributed by atoms with Crippen molar-refractivity contribution in [1.82, 2.24) is 5.32 Å². The van der Waals surface area contributed by atoms with Crippen molar-refractivity contribution < 1.29 is 9.13 Å². The third-order valence-electron chi connectivity index (χ3n) is 4.60. The molecule has 0 spiro atoms. The number of rotatable bonds is 4. The Hall–Kier alpha value is -1.13. The van der Waals surface area contributed by atoms with E-state index in [1.54, 1.807) is 12.1 Å². The number of halogens is 1. The van der Waals surface area contributed by atoms with Gasteiger partial charge in [-0.1, -0.05) is 6.07 Å². The lowest BCUT2D eigenvalue weighted by molar-refractivity contribution is -0.0768. The van der Waals surface area contributed by atoms with Crippen molar-refractivity contribution in [1.29, 1.82) is 0 Å². The lowest BCUT2D eigenvalue weighted by atomic mass is 9.82. The number of nitrogens with one attached hydrogen (secondary N) is 1. The number of ether oxygens (including phenoxy) is 1. The molecule has 2 atom stereocenters. The summed E-state index contributed by atoms with van der Waals surface area (Å²) in [5.41, 5.74) is 0.454. The first kappa shape index (κ1) is 16.2. The minimum absolute atomic E-state index is 0.202. The normalized spacial score (nSPS) is 26.8. The molecule has 1 aliphatic heterocycles. The Morgan fingerprint density at radius 3 is 2.48 bits per heavy atom. The van der Waals surface area contributed by atoms with Gasteiger partial charge in [0, 0.05) is 31.2 Å². The fraction of sp³-hybridized carbons (Fsp3) is 0.647. The highest BCUT2D eigenvalue weighted by Crippen LogP contribution is 2.42. The molecule has 2 unspecified atom stereocenters. The Morgan fingerprint density at radius 2 is 1.90 bits per heavy atom. The molecule has 118 valence electrons. The Kier molecular flexibility index (Phi) is 4.31. The van der Waals surface area contributed by atoms with Gasteiger partial charge in [-0.25, -0.2) is 4.39 Å². The average molecular weight is 294 g/mol. The highest BCUT2D eigenvalue weighted by molar-refractivity contribution is 5.45. The molecule has 1 heterocycles. The van der Waals surface area contributed by atoms with Crippen LogP contribution in [0.25, 0.3) is 0 Å². The van der Waals surface area contributed by atoms with Crippen molar-refractivity contribution in [2.75, 3.05) is 25.5 Å². The standard InChI is InChI=1S/C17H27FN2O/c1-16(2)14(15(19-5)17(3,4)21-16)11-20(6)13-9-7-8-12(18)10-13/h7-10,14-15,19H,11H2,1-6H3. The molecule has 0 bridgehead atoms. The summed E-state index contributed by atoms with van der Waals surface area (Å²) in [5, 5.41) is 3.40. The number of benzene rings is 1.